The van der Waals surface area contributed by atoms with E-state index in [2.05, 4.69) is 15.2 Å². The summed E-state index contributed by atoms with van der Waals surface area (Å²) in [4.78, 5) is 4.03. The van der Waals surface area contributed by atoms with Gasteiger partial charge in [-0.1, -0.05) is 0 Å². The molecule has 0 fully saturated rings. The highest BCUT2D eigenvalue weighted by Crippen LogP contribution is 2.20. The van der Waals surface area contributed by atoms with Crippen molar-refractivity contribution >= 4 is 11.1 Å². The molecule has 0 radical (unpaired) electrons. The number of aromatic nitrogens is 3. The molecule has 0 aliphatic rings. The van der Waals surface area contributed by atoms with E-state index < -0.39 is 0 Å². The topological polar surface area (TPSA) is 63.9 Å². The first-order valence-corrected chi connectivity index (χ1v) is 4.85. The van der Waals surface area contributed by atoms with E-state index in [1.54, 1.807) is 12.4 Å². The number of ether oxygens (including phenoxy) is 1. The molecule has 1 aromatic carbocycles. The molecule has 0 atom stereocenters. The summed E-state index contributed by atoms with van der Waals surface area (Å²) in [6.07, 6.45) is 4.95. The van der Waals surface area contributed by atoms with E-state index in [4.69, 9.17) is 9.15 Å². The van der Waals surface area contributed by atoms with Crippen LogP contribution in [0.25, 0.3) is 11.1 Å². The fourth-order valence-corrected chi connectivity index (χ4v) is 1.45. The smallest absolute Gasteiger partial charge is 0.181 e. The third-order valence-electron chi connectivity index (χ3n) is 2.26. The van der Waals surface area contributed by atoms with Crippen molar-refractivity contribution in [2.24, 2.45) is 0 Å². The lowest BCUT2D eigenvalue weighted by Crippen LogP contribution is -1.93. The van der Waals surface area contributed by atoms with Crippen LogP contribution in [0.2, 0.25) is 0 Å². The zero-order valence-corrected chi connectivity index (χ0v) is 8.38. The maximum absolute atomic E-state index is 5.58. The van der Waals surface area contributed by atoms with Gasteiger partial charge in [-0.05, 0) is 12.1 Å². The van der Waals surface area contributed by atoms with Gasteiger partial charge in [0.25, 0.3) is 0 Å². The highest BCUT2D eigenvalue weighted by molar-refractivity contribution is 5.73. The Bertz CT molecular complexity index is 586. The molecule has 0 spiro atoms. The third kappa shape index (κ3) is 1.63. The lowest BCUT2D eigenvalue weighted by molar-refractivity contribution is 0.306. The summed E-state index contributed by atoms with van der Waals surface area (Å²) in [5.74, 6) is 0.755. The summed E-state index contributed by atoms with van der Waals surface area (Å²) in [5.41, 5.74) is 2.55. The van der Waals surface area contributed by atoms with Crippen molar-refractivity contribution in [1.82, 2.24) is 15.2 Å². The molecular weight excluding hydrogens is 206 g/mol. The highest BCUT2D eigenvalue weighted by atomic mass is 16.5. The Balaban J connectivity index is 1.78. The summed E-state index contributed by atoms with van der Waals surface area (Å²) in [6.45, 7) is 0.482. The number of hydrogen-bond acceptors (Lipinski definition) is 4. The number of nitrogens with one attached hydrogen (secondary N) is 1. The average molecular weight is 215 g/mol. The minimum Gasteiger partial charge on any atom is -0.489 e. The van der Waals surface area contributed by atoms with Crippen molar-refractivity contribution < 1.29 is 9.15 Å². The Kier molecular flexibility index (Phi) is 2.07. The van der Waals surface area contributed by atoms with Crippen molar-refractivity contribution in [3.8, 4) is 5.75 Å². The lowest BCUT2D eigenvalue weighted by atomic mass is 10.3. The molecule has 0 saturated carbocycles. The highest BCUT2D eigenvalue weighted by Gasteiger charge is 2.01. The summed E-state index contributed by atoms with van der Waals surface area (Å²) in [6, 6.07) is 5.55. The first-order chi connectivity index (χ1) is 7.92. The average Bonchev–Trinajstić information content (AvgIpc) is 2.97. The van der Waals surface area contributed by atoms with Gasteiger partial charge in [0.1, 0.15) is 17.9 Å². The van der Waals surface area contributed by atoms with E-state index in [0.29, 0.717) is 6.61 Å². The summed E-state index contributed by atoms with van der Waals surface area (Å²) in [7, 11) is 0. The van der Waals surface area contributed by atoms with Gasteiger partial charge >= 0.3 is 0 Å². The molecule has 0 aliphatic heterocycles. The molecule has 1 N–H and O–H groups in total. The Morgan fingerprint density at radius 3 is 3.25 bits per heavy atom. The zero-order chi connectivity index (χ0) is 10.8. The minimum absolute atomic E-state index is 0.482. The van der Waals surface area contributed by atoms with E-state index in [0.717, 1.165) is 22.4 Å². The Labute approximate surface area is 91.1 Å². The predicted octanol–water partition coefficient (Wildman–Crippen LogP) is 2.13. The van der Waals surface area contributed by atoms with Crippen LogP contribution in [-0.4, -0.2) is 15.2 Å². The van der Waals surface area contributed by atoms with Crippen molar-refractivity contribution in [1.29, 1.82) is 0 Å². The van der Waals surface area contributed by atoms with Gasteiger partial charge in [-0.2, -0.15) is 5.10 Å². The summed E-state index contributed by atoms with van der Waals surface area (Å²) in [5, 5.41) is 6.58. The number of nitrogens with zero attached hydrogens (tertiary/aromatic N) is 2. The van der Waals surface area contributed by atoms with Gasteiger partial charge in [0, 0.05) is 17.8 Å². The third-order valence-corrected chi connectivity index (χ3v) is 2.26. The standard InChI is InChI=1S/C11H9N3O2/c1-2-10-11(16-7-12-10)3-9(1)15-6-8-4-13-14-5-8/h1-5,7H,6H2,(H,13,14). The molecule has 0 bridgehead atoms. The van der Waals surface area contributed by atoms with Crippen molar-refractivity contribution in [3.63, 3.8) is 0 Å². The van der Waals surface area contributed by atoms with Gasteiger partial charge in [-0.3, -0.25) is 5.10 Å². The largest absolute Gasteiger partial charge is 0.489 e. The van der Waals surface area contributed by atoms with E-state index in [1.165, 1.54) is 6.39 Å². The van der Waals surface area contributed by atoms with Gasteiger partial charge in [-0.25, -0.2) is 4.98 Å². The number of H-pyrrole nitrogens is 1. The fourth-order valence-electron chi connectivity index (χ4n) is 1.45. The molecule has 5 heteroatoms. The summed E-state index contributed by atoms with van der Waals surface area (Å²) >= 11 is 0. The first kappa shape index (κ1) is 8.96. The normalized spacial score (nSPS) is 10.8. The van der Waals surface area contributed by atoms with Crippen molar-refractivity contribution in [2.75, 3.05) is 0 Å². The van der Waals surface area contributed by atoms with Crippen LogP contribution in [0.15, 0.2) is 41.4 Å². The second-order valence-corrected chi connectivity index (χ2v) is 3.38. The number of aromatic amines is 1. The van der Waals surface area contributed by atoms with Gasteiger partial charge in [0.2, 0.25) is 0 Å². The Morgan fingerprint density at radius 2 is 2.38 bits per heavy atom. The van der Waals surface area contributed by atoms with Crippen LogP contribution in [0.4, 0.5) is 0 Å². The van der Waals surface area contributed by atoms with Crippen LogP contribution in [-0.2, 0) is 6.61 Å². The number of oxazole rings is 1. The Morgan fingerprint density at radius 1 is 1.38 bits per heavy atom. The van der Waals surface area contributed by atoms with Crippen LogP contribution < -0.4 is 4.74 Å². The van der Waals surface area contributed by atoms with E-state index in [1.807, 2.05) is 18.2 Å². The van der Waals surface area contributed by atoms with Gasteiger partial charge in [0.05, 0.1) is 6.20 Å². The van der Waals surface area contributed by atoms with Crippen LogP contribution in [0, 0.1) is 0 Å². The number of rotatable bonds is 3. The second kappa shape index (κ2) is 3.69. The van der Waals surface area contributed by atoms with E-state index in [-0.39, 0.29) is 0 Å². The molecule has 3 aromatic rings. The predicted molar refractivity (Wildman–Crippen MR) is 56.9 cm³/mol. The van der Waals surface area contributed by atoms with Crippen molar-refractivity contribution in [2.45, 2.75) is 6.61 Å². The van der Waals surface area contributed by atoms with Crippen LogP contribution in [0.5, 0.6) is 5.75 Å². The number of benzene rings is 1. The second-order valence-electron chi connectivity index (χ2n) is 3.38. The van der Waals surface area contributed by atoms with Crippen molar-refractivity contribution in [3.05, 3.63) is 42.5 Å². The van der Waals surface area contributed by atoms with Crippen LogP contribution in [0.1, 0.15) is 5.56 Å². The fraction of sp³-hybridized carbons (Fsp3) is 0.0909. The molecule has 80 valence electrons. The number of hydrogen-bond donors (Lipinski definition) is 1. The van der Waals surface area contributed by atoms with Gasteiger partial charge in [-0.15, -0.1) is 0 Å². The summed E-state index contributed by atoms with van der Waals surface area (Å²) < 4.78 is 10.8. The van der Waals surface area contributed by atoms with E-state index in [9.17, 15) is 0 Å². The van der Waals surface area contributed by atoms with Crippen LogP contribution in [0.3, 0.4) is 0 Å². The molecule has 16 heavy (non-hydrogen) atoms. The quantitative estimate of drug-likeness (QED) is 0.726. The monoisotopic (exact) mass is 215 g/mol. The van der Waals surface area contributed by atoms with E-state index >= 15 is 0 Å². The molecule has 2 aromatic heterocycles. The molecule has 0 amide bonds. The maximum atomic E-state index is 5.58. The molecular formula is C11H9N3O2. The number of fused-ring (bicyclic) bond motifs is 1. The minimum atomic E-state index is 0.482. The molecule has 3 rings (SSSR count). The lowest BCUT2D eigenvalue weighted by Gasteiger charge is -2.03. The Hall–Kier alpha value is -2.30. The molecule has 2 heterocycles. The van der Waals surface area contributed by atoms with Crippen LogP contribution >= 0.6 is 0 Å². The molecule has 0 unspecified atom stereocenters. The SMILES string of the molecule is c1nc2ccc(OCc3cn[nH]c3)cc2o1. The molecule has 5 nitrogen and oxygen atoms in total. The van der Waals surface area contributed by atoms with Gasteiger partial charge < -0.3 is 9.15 Å². The molecule has 0 aliphatic carbocycles. The maximum Gasteiger partial charge on any atom is 0.181 e. The molecule has 0 saturated heterocycles. The van der Waals surface area contributed by atoms with Gasteiger partial charge in [0.15, 0.2) is 12.0 Å². The first-order valence-electron chi connectivity index (χ1n) is 4.85. The zero-order valence-electron chi connectivity index (χ0n) is 8.38.